The van der Waals surface area contributed by atoms with Gasteiger partial charge in [0.15, 0.2) is 16.1 Å². The van der Waals surface area contributed by atoms with Crippen molar-refractivity contribution in [2.24, 2.45) is 0 Å². The van der Waals surface area contributed by atoms with E-state index in [4.69, 9.17) is 23.8 Å². The third kappa shape index (κ3) is 5.46. The van der Waals surface area contributed by atoms with Crippen LogP contribution in [0.25, 0.3) is 0 Å². The predicted molar refractivity (Wildman–Crippen MR) is 128 cm³/mol. The number of benzene rings is 1. The zero-order chi connectivity index (χ0) is 22.5. The van der Waals surface area contributed by atoms with Crippen LogP contribution in [0.5, 0.6) is 5.75 Å². The molecule has 1 aromatic carbocycles. The molecular weight excluding hydrogens is 466 g/mol. The van der Waals surface area contributed by atoms with Crippen molar-refractivity contribution in [3.8, 4) is 5.75 Å². The van der Waals surface area contributed by atoms with E-state index in [-0.39, 0.29) is 17.1 Å². The van der Waals surface area contributed by atoms with Crippen LogP contribution in [0.4, 0.5) is 0 Å². The van der Waals surface area contributed by atoms with E-state index in [0.29, 0.717) is 38.2 Å². The summed E-state index contributed by atoms with van der Waals surface area (Å²) >= 11 is 13.0. The number of nitrogens with zero attached hydrogens (tertiary/aromatic N) is 4. The van der Waals surface area contributed by atoms with E-state index in [1.807, 2.05) is 0 Å². The van der Waals surface area contributed by atoms with Gasteiger partial charge in [-0.3, -0.25) is 4.79 Å². The number of thioether (sulfide) groups is 1. The number of rotatable bonds is 6. The van der Waals surface area contributed by atoms with Crippen LogP contribution >= 0.6 is 35.6 Å². The molecule has 0 unspecified atom stereocenters. The number of aromatic nitrogens is 4. The van der Waals surface area contributed by atoms with Crippen molar-refractivity contribution in [3.63, 3.8) is 0 Å². The minimum Gasteiger partial charge on any atom is -0.507 e. The highest BCUT2D eigenvalue weighted by molar-refractivity contribution is 7.98. The Hall–Kier alpha value is -2.49. The molecule has 166 valence electrons. The molecule has 0 aliphatic heterocycles. The van der Waals surface area contributed by atoms with Gasteiger partial charge in [-0.25, -0.2) is 14.6 Å². The number of nitrogens with one attached hydrogen (secondary N) is 1. The van der Waals surface area contributed by atoms with Crippen LogP contribution in [0.2, 0.25) is 5.02 Å². The minimum atomic E-state index is -0.376. The Kier molecular flexibility index (Phi) is 7.39. The van der Waals surface area contributed by atoms with Crippen LogP contribution in [0, 0.1) is 0 Å². The number of thiocarbonyl (C=S) groups is 1. The molecule has 0 atom stereocenters. The highest BCUT2D eigenvalue weighted by Crippen LogP contribution is 2.33. The number of phenols is 1. The maximum absolute atomic E-state index is 13.1. The summed E-state index contributed by atoms with van der Waals surface area (Å²) in [6.07, 6.45) is 12.1. The highest BCUT2D eigenvalue weighted by atomic mass is 35.5. The molecule has 3 aromatic rings. The van der Waals surface area contributed by atoms with Gasteiger partial charge in [-0.15, -0.1) is 0 Å². The van der Waals surface area contributed by atoms with Crippen molar-refractivity contribution in [1.82, 2.24) is 25.1 Å². The van der Waals surface area contributed by atoms with Crippen LogP contribution in [0.15, 0.2) is 48.1 Å². The number of carbonyl (C=O) groups is 1. The van der Waals surface area contributed by atoms with Gasteiger partial charge in [0.25, 0.3) is 0 Å². The third-order valence-electron chi connectivity index (χ3n) is 5.28. The largest absolute Gasteiger partial charge is 0.507 e. The number of hydrogen-bond acceptors (Lipinski definition) is 7. The third-order valence-corrected chi connectivity index (χ3v) is 6.73. The van der Waals surface area contributed by atoms with Gasteiger partial charge in [-0.2, -0.15) is 5.10 Å². The molecule has 2 aromatic heterocycles. The van der Waals surface area contributed by atoms with Gasteiger partial charge in [0.05, 0.1) is 17.3 Å². The Bertz CT molecular complexity index is 1120. The van der Waals surface area contributed by atoms with E-state index in [1.165, 1.54) is 48.0 Å². The number of carbonyl (C=O) groups excluding carboxylic acids is 1. The molecule has 2 heterocycles. The first-order chi connectivity index (χ1) is 15.5. The van der Waals surface area contributed by atoms with E-state index < -0.39 is 0 Å². The quantitative estimate of drug-likeness (QED) is 0.225. The number of aromatic hydroxyl groups is 1. The van der Waals surface area contributed by atoms with E-state index >= 15 is 0 Å². The maximum Gasteiger partial charge on any atom is 0.199 e. The highest BCUT2D eigenvalue weighted by Gasteiger charge is 2.21. The molecule has 4 rings (SSSR count). The van der Waals surface area contributed by atoms with E-state index in [1.54, 1.807) is 30.7 Å². The summed E-state index contributed by atoms with van der Waals surface area (Å²) in [5.41, 5.74) is 0.966. The average molecular weight is 488 g/mol. The number of hydrogen-bond donors (Lipinski definition) is 2. The summed E-state index contributed by atoms with van der Waals surface area (Å²) < 4.78 is 1.49. The van der Waals surface area contributed by atoms with Crippen molar-refractivity contribution in [3.05, 3.63) is 64.7 Å². The Labute approximate surface area is 200 Å². The van der Waals surface area contributed by atoms with Crippen molar-refractivity contribution in [1.29, 1.82) is 0 Å². The lowest BCUT2D eigenvalue weighted by Gasteiger charge is -2.23. The Morgan fingerprint density at radius 1 is 1.25 bits per heavy atom. The standard InChI is InChI=1S/C22H22ClN5O2S2/c23-16-9-14(13-32-21-24-7-4-8-25-21)19(29)18(10-16)20(30)15-11-26-28(12-15)22(31)27-17-5-2-1-3-6-17/h4,7-12,17,29H,1-3,5-6,13H2,(H,27,31). The number of halogens is 1. The van der Waals surface area contributed by atoms with E-state index in [0.717, 1.165) is 12.8 Å². The summed E-state index contributed by atoms with van der Waals surface area (Å²) in [6.45, 7) is 0. The lowest BCUT2D eigenvalue weighted by Crippen LogP contribution is -2.38. The van der Waals surface area contributed by atoms with Crippen molar-refractivity contribution in [2.75, 3.05) is 0 Å². The molecular formula is C22H22ClN5O2S2. The molecule has 10 heteroatoms. The molecule has 0 amide bonds. The van der Waals surface area contributed by atoms with Crippen LogP contribution in [0.3, 0.4) is 0 Å². The molecule has 1 aliphatic rings. The molecule has 2 N–H and O–H groups in total. The molecule has 1 saturated carbocycles. The first kappa shape index (κ1) is 22.7. The predicted octanol–water partition coefficient (Wildman–Crippen LogP) is 4.61. The second-order valence-corrected chi connectivity index (χ2v) is 9.33. The molecule has 7 nitrogen and oxygen atoms in total. The minimum absolute atomic E-state index is 0.113. The molecule has 0 saturated heterocycles. The maximum atomic E-state index is 13.1. The molecule has 32 heavy (non-hydrogen) atoms. The van der Waals surface area contributed by atoms with Gasteiger partial charge < -0.3 is 10.4 Å². The lowest BCUT2D eigenvalue weighted by atomic mass is 9.96. The fraction of sp³-hybridized carbons (Fsp3) is 0.318. The topological polar surface area (TPSA) is 92.9 Å². The van der Waals surface area contributed by atoms with Gasteiger partial charge in [-0.1, -0.05) is 42.6 Å². The van der Waals surface area contributed by atoms with E-state index in [9.17, 15) is 9.90 Å². The van der Waals surface area contributed by atoms with Crippen LogP contribution in [0.1, 0.15) is 53.6 Å². The fourth-order valence-corrected chi connectivity index (χ4v) is 4.92. The van der Waals surface area contributed by atoms with Crippen molar-refractivity contribution in [2.45, 2.75) is 49.1 Å². The Morgan fingerprint density at radius 3 is 2.75 bits per heavy atom. The second kappa shape index (κ2) is 10.4. The molecule has 1 fully saturated rings. The van der Waals surface area contributed by atoms with Gasteiger partial charge in [0, 0.05) is 41.0 Å². The average Bonchev–Trinajstić information content (AvgIpc) is 3.31. The zero-order valence-electron chi connectivity index (χ0n) is 17.2. The SMILES string of the molecule is O=C(c1cnn(C(=S)NC2CCCCC2)c1)c1cc(Cl)cc(CSc2ncccn2)c1O. The smallest absolute Gasteiger partial charge is 0.199 e. The number of phenolic OH excluding ortho intramolecular Hbond substituents is 1. The van der Waals surface area contributed by atoms with E-state index in [2.05, 4.69) is 20.4 Å². The summed E-state index contributed by atoms with van der Waals surface area (Å²) in [6, 6.07) is 5.16. The summed E-state index contributed by atoms with van der Waals surface area (Å²) in [5.74, 6) is -0.122. The molecule has 0 spiro atoms. The molecule has 0 radical (unpaired) electrons. The first-order valence-electron chi connectivity index (χ1n) is 10.3. The van der Waals surface area contributed by atoms with Gasteiger partial charge in [0.2, 0.25) is 0 Å². The van der Waals surface area contributed by atoms with Crippen molar-refractivity contribution < 1.29 is 9.90 Å². The van der Waals surface area contributed by atoms with Crippen LogP contribution in [-0.2, 0) is 5.75 Å². The van der Waals surface area contributed by atoms with Gasteiger partial charge in [-0.05, 0) is 43.3 Å². The normalized spacial score (nSPS) is 14.3. The van der Waals surface area contributed by atoms with Crippen molar-refractivity contribution >= 4 is 46.5 Å². The summed E-state index contributed by atoms with van der Waals surface area (Å²) in [4.78, 5) is 21.4. The van der Waals surface area contributed by atoms with Crippen LogP contribution in [-0.4, -0.2) is 41.8 Å². The first-order valence-corrected chi connectivity index (χ1v) is 12.1. The summed E-state index contributed by atoms with van der Waals surface area (Å²) in [7, 11) is 0. The monoisotopic (exact) mass is 487 g/mol. The lowest BCUT2D eigenvalue weighted by molar-refractivity contribution is 0.103. The second-order valence-electron chi connectivity index (χ2n) is 7.57. The Balaban J connectivity index is 1.49. The summed E-state index contributed by atoms with van der Waals surface area (Å²) in [5, 5.41) is 19.7. The van der Waals surface area contributed by atoms with Gasteiger partial charge >= 0.3 is 0 Å². The molecule has 0 bridgehead atoms. The fourth-order valence-electron chi connectivity index (χ4n) is 3.64. The zero-order valence-corrected chi connectivity index (χ0v) is 19.6. The van der Waals surface area contributed by atoms with Crippen LogP contribution < -0.4 is 5.32 Å². The van der Waals surface area contributed by atoms with Gasteiger partial charge in [0.1, 0.15) is 5.75 Å². The number of ketones is 1. The molecule has 1 aliphatic carbocycles. The Morgan fingerprint density at radius 2 is 2.00 bits per heavy atom.